The predicted octanol–water partition coefficient (Wildman–Crippen LogP) is 2.95. The van der Waals surface area contributed by atoms with Crippen molar-refractivity contribution in [3.8, 4) is 5.75 Å². The summed E-state index contributed by atoms with van der Waals surface area (Å²) in [6, 6.07) is 4.86. The largest absolute Gasteiger partial charge is 0.494 e. The highest BCUT2D eigenvalue weighted by Gasteiger charge is 2.24. The molecule has 6 heteroatoms. The number of halogens is 1. The van der Waals surface area contributed by atoms with E-state index in [0.717, 1.165) is 12.1 Å². The van der Waals surface area contributed by atoms with Crippen molar-refractivity contribution in [1.29, 1.82) is 0 Å². The molecule has 0 spiro atoms. The standard InChI is InChI=1S/C18H30FN3O2/c1-7-20-17(22-12-16(24-6)18(2,3)4)21-11-13-8-9-15(23-5)14(19)10-13/h8-10,16H,7,11-12H2,1-6H3,(H2,20,21,22). The molecule has 0 aliphatic rings. The van der Waals surface area contributed by atoms with Gasteiger partial charge >= 0.3 is 0 Å². The minimum atomic E-state index is -0.379. The van der Waals surface area contributed by atoms with Crippen LogP contribution in [0.4, 0.5) is 4.39 Å². The van der Waals surface area contributed by atoms with Crippen LogP contribution < -0.4 is 15.4 Å². The van der Waals surface area contributed by atoms with E-state index < -0.39 is 0 Å². The molecule has 0 heterocycles. The van der Waals surface area contributed by atoms with E-state index in [2.05, 4.69) is 36.4 Å². The van der Waals surface area contributed by atoms with Crippen LogP contribution in [0, 0.1) is 11.2 Å². The number of hydrogen-bond acceptors (Lipinski definition) is 3. The fourth-order valence-corrected chi connectivity index (χ4v) is 2.25. The van der Waals surface area contributed by atoms with Gasteiger partial charge in [-0.25, -0.2) is 9.38 Å². The summed E-state index contributed by atoms with van der Waals surface area (Å²) >= 11 is 0. The summed E-state index contributed by atoms with van der Waals surface area (Å²) in [5.41, 5.74) is 0.808. The normalized spacial score (nSPS) is 13.5. The first-order chi connectivity index (χ1) is 11.3. The van der Waals surface area contributed by atoms with Crippen molar-refractivity contribution >= 4 is 5.96 Å². The first kappa shape index (κ1) is 20.2. The van der Waals surface area contributed by atoms with E-state index in [1.807, 2.05) is 13.0 Å². The van der Waals surface area contributed by atoms with Gasteiger partial charge in [-0.15, -0.1) is 0 Å². The second-order valence-corrected chi connectivity index (χ2v) is 6.64. The second kappa shape index (κ2) is 9.47. The molecule has 1 aromatic rings. The van der Waals surface area contributed by atoms with Crippen LogP contribution in [-0.2, 0) is 11.3 Å². The van der Waals surface area contributed by atoms with Crippen LogP contribution >= 0.6 is 0 Å². The van der Waals surface area contributed by atoms with Gasteiger partial charge in [-0.3, -0.25) is 0 Å². The van der Waals surface area contributed by atoms with Crippen molar-refractivity contribution in [2.75, 3.05) is 27.3 Å². The third-order valence-electron chi connectivity index (χ3n) is 3.69. The van der Waals surface area contributed by atoms with Gasteiger partial charge in [0.15, 0.2) is 17.5 Å². The second-order valence-electron chi connectivity index (χ2n) is 6.64. The topological polar surface area (TPSA) is 54.9 Å². The Morgan fingerprint density at radius 1 is 1.25 bits per heavy atom. The molecule has 1 rings (SSSR count). The lowest BCUT2D eigenvalue weighted by Crippen LogP contribution is -2.45. The molecule has 0 bridgehead atoms. The molecular weight excluding hydrogens is 309 g/mol. The minimum Gasteiger partial charge on any atom is -0.494 e. The Kier molecular flexibility index (Phi) is 7.98. The first-order valence-corrected chi connectivity index (χ1v) is 8.19. The molecule has 0 fully saturated rings. The molecule has 1 atom stereocenters. The molecule has 1 unspecified atom stereocenters. The van der Waals surface area contributed by atoms with Gasteiger partial charge in [-0.05, 0) is 30.0 Å². The van der Waals surface area contributed by atoms with Gasteiger partial charge in [-0.2, -0.15) is 0 Å². The zero-order chi connectivity index (χ0) is 18.2. The van der Waals surface area contributed by atoms with Crippen molar-refractivity contribution in [3.05, 3.63) is 29.6 Å². The number of guanidine groups is 1. The quantitative estimate of drug-likeness (QED) is 0.592. The van der Waals surface area contributed by atoms with Crippen molar-refractivity contribution in [2.45, 2.75) is 40.3 Å². The number of nitrogens with one attached hydrogen (secondary N) is 2. The third kappa shape index (κ3) is 6.35. The highest BCUT2D eigenvalue weighted by molar-refractivity contribution is 5.79. The number of nitrogens with zero attached hydrogens (tertiary/aromatic N) is 1. The molecule has 0 amide bonds. The smallest absolute Gasteiger partial charge is 0.191 e. The summed E-state index contributed by atoms with van der Waals surface area (Å²) < 4.78 is 24.2. The Balaban J connectivity index is 2.73. The molecule has 1 aromatic carbocycles. The summed E-state index contributed by atoms with van der Waals surface area (Å²) in [5.74, 6) is 0.538. The Hall–Kier alpha value is -1.82. The van der Waals surface area contributed by atoms with Gasteiger partial charge < -0.3 is 20.1 Å². The SMILES string of the molecule is CCNC(=NCc1ccc(OC)c(F)c1)NCC(OC)C(C)(C)C. The van der Waals surface area contributed by atoms with E-state index in [-0.39, 0.29) is 23.1 Å². The average molecular weight is 339 g/mol. The zero-order valence-electron chi connectivity index (χ0n) is 15.6. The monoisotopic (exact) mass is 339 g/mol. The fourth-order valence-electron chi connectivity index (χ4n) is 2.25. The molecule has 0 saturated carbocycles. The third-order valence-corrected chi connectivity index (χ3v) is 3.69. The summed E-state index contributed by atoms with van der Waals surface area (Å²) in [7, 11) is 3.16. The van der Waals surface area contributed by atoms with Crippen LogP contribution in [0.15, 0.2) is 23.2 Å². The fraction of sp³-hybridized carbons (Fsp3) is 0.611. The Morgan fingerprint density at radius 3 is 2.46 bits per heavy atom. The van der Waals surface area contributed by atoms with E-state index in [1.165, 1.54) is 13.2 Å². The summed E-state index contributed by atoms with van der Waals surface area (Å²) in [6.45, 7) is 10.2. The molecule has 0 radical (unpaired) electrons. The average Bonchev–Trinajstić information content (AvgIpc) is 2.51. The number of methoxy groups -OCH3 is 2. The Labute approximate surface area is 144 Å². The number of aliphatic imine (C=N–C) groups is 1. The Bertz CT molecular complexity index is 542. The maximum Gasteiger partial charge on any atom is 0.191 e. The molecular formula is C18H30FN3O2. The zero-order valence-corrected chi connectivity index (χ0v) is 15.6. The van der Waals surface area contributed by atoms with Crippen LogP contribution in [0.25, 0.3) is 0 Å². The van der Waals surface area contributed by atoms with Crippen molar-refractivity contribution in [3.63, 3.8) is 0 Å². The lowest BCUT2D eigenvalue weighted by Gasteiger charge is -2.30. The first-order valence-electron chi connectivity index (χ1n) is 8.19. The molecule has 0 aromatic heterocycles. The highest BCUT2D eigenvalue weighted by atomic mass is 19.1. The lowest BCUT2D eigenvalue weighted by molar-refractivity contribution is 0.0205. The molecule has 5 nitrogen and oxygen atoms in total. The van der Waals surface area contributed by atoms with Crippen LogP contribution in [0.2, 0.25) is 0 Å². The molecule has 0 saturated heterocycles. The van der Waals surface area contributed by atoms with Crippen molar-refractivity contribution in [1.82, 2.24) is 10.6 Å². The number of rotatable bonds is 7. The summed E-state index contributed by atoms with van der Waals surface area (Å²) in [6.07, 6.45) is 0.0554. The van der Waals surface area contributed by atoms with E-state index in [1.54, 1.807) is 13.2 Å². The predicted molar refractivity (Wildman–Crippen MR) is 96.0 cm³/mol. The highest BCUT2D eigenvalue weighted by Crippen LogP contribution is 2.21. The van der Waals surface area contributed by atoms with Crippen LogP contribution in [0.3, 0.4) is 0 Å². The van der Waals surface area contributed by atoms with Gasteiger partial charge in [0.25, 0.3) is 0 Å². The lowest BCUT2D eigenvalue weighted by atomic mass is 9.89. The summed E-state index contributed by atoms with van der Waals surface area (Å²) in [4.78, 5) is 4.50. The molecule has 24 heavy (non-hydrogen) atoms. The van der Waals surface area contributed by atoms with Crippen LogP contribution in [-0.4, -0.2) is 39.4 Å². The van der Waals surface area contributed by atoms with E-state index in [4.69, 9.17) is 9.47 Å². The van der Waals surface area contributed by atoms with E-state index >= 15 is 0 Å². The van der Waals surface area contributed by atoms with Gasteiger partial charge in [0.05, 0.1) is 19.8 Å². The van der Waals surface area contributed by atoms with Crippen LogP contribution in [0.5, 0.6) is 5.75 Å². The van der Waals surface area contributed by atoms with Crippen molar-refractivity contribution in [2.24, 2.45) is 10.4 Å². The number of benzene rings is 1. The molecule has 0 aliphatic carbocycles. The summed E-state index contributed by atoms with van der Waals surface area (Å²) in [5, 5.41) is 6.47. The molecule has 2 N–H and O–H groups in total. The van der Waals surface area contributed by atoms with Crippen molar-refractivity contribution < 1.29 is 13.9 Å². The van der Waals surface area contributed by atoms with Gasteiger partial charge in [-0.1, -0.05) is 26.8 Å². The minimum absolute atomic E-state index is 0.0260. The molecule has 136 valence electrons. The van der Waals surface area contributed by atoms with Gasteiger partial charge in [0.2, 0.25) is 0 Å². The number of ether oxygens (including phenoxy) is 2. The van der Waals surface area contributed by atoms with Gasteiger partial charge in [0, 0.05) is 20.2 Å². The van der Waals surface area contributed by atoms with E-state index in [0.29, 0.717) is 19.0 Å². The van der Waals surface area contributed by atoms with Crippen LogP contribution in [0.1, 0.15) is 33.3 Å². The Morgan fingerprint density at radius 2 is 1.96 bits per heavy atom. The maximum atomic E-state index is 13.7. The van der Waals surface area contributed by atoms with E-state index in [9.17, 15) is 4.39 Å². The molecule has 0 aliphatic heterocycles. The van der Waals surface area contributed by atoms with Gasteiger partial charge in [0.1, 0.15) is 0 Å². The number of hydrogen-bond donors (Lipinski definition) is 2. The maximum absolute atomic E-state index is 13.7.